The van der Waals surface area contributed by atoms with Crippen molar-refractivity contribution in [3.63, 3.8) is 0 Å². The van der Waals surface area contributed by atoms with E-state index in [0.29, 0.717) is 0 Å². The van der Waals surface area contributed by atoms with Crippen molar-refractivity contribution in [2.75, 3.05) is 20.6 Å². The van der Waals surface area contributed by atoms with Gasteiger partial charge in [-0.15, -0.1) is 0 Å². The van der Waals surface area contributed by atoms with Crippen LogP contribution in [0, 0.1) is 5.92 Å². The third-order valence-corrected chi connectivity index (χ3v) is 4.75. The minimum atomic E-state index is 0.788. The molecular formula is C14H28N2. The van der Waals surface area contributed by atoms with Crippen LogP contribution in [0.5, 0.6) is 0 Å². The molecule has 1 N–H and O–H groups in total. The van der Waals surface area contributed by atoms with Crippen LogP contribution >= 0.6 is 0 Å². The number of nitrogens with zero attached hydrogens (tertiary/aromatic N) is 1. The molecule has 2 aliphatic rings. The number of hydrogen-bond donors (Lipinski definition) is 1. The molecule has 16 heavy (non-hydrogen) atoms. The van der Waals surface area contributed by atoms with Gasteiger partial charge in [0.05, 0.1) is 0 Å². The Morgan fingerprint density at radius 2 is 1.62 bits per heavy atom. The van der Waals surface area contributed by atoms with E-state index in [1.165, 1.54) is 57.9 Å². The maximum absolute atomic E-state index is 3.42. The van der Waals surface area contributed by atoms with E-state index in [-0.39, 0.29) is 0 Å². The molecule has 2 fully saturated rings. The molecular weight excluding hydrogens is 196 g/mol. The highest BCUT2D eigenvalue weighted by Crippen LogP contribution is 2.28. The largest absolute Gasteiger partial charge is 0.317 e. The standard InChI is InChI=1S/C14H28N2/c1-15-13-7-9-14(10-8-13)16(2)11-12-5-3-4-6-12/h12-15H,3-11H2,1-2H3/t13-,14+. The average molecular weight is 224 g/mol. The van der Waals surface area contributed by atoms with E-state index in [9.17, 15) is 0 Å². The average Bonchev–Trinajstić information content (AvgIpc) is 2.82. The molecule has 2 nitrogen and oxygen atoms in total. The molecule has 0 aromatic heterocycles. The van der Waals surface area contributed by atoms with E-state index >= 15 is 0 Å². The van der Waals surface area contributed by atoms with Crippen LogP contribution in [-0.2, 0) is 0 Å². The Kier molecular flexibility index (Phi) is 4.66. The molecule has 0 aromatic rings. The smallest absolute Gasteiger partial charge is 0.00934 e. The molecule has 0 radical (unpaired) electrons. The van der Waals surface area contributed by atoms with E-state index < -0.39 is 0 Å². The molecule has 0 spiro atoms. The highest BCUT2D eigenvalue weighted by Gasteiger charge is 2.25. The van der Waals surface area contributed by atoms with Crippen molar-refractivity contribution in [2.24, 2.45) is 5.92 Å². The molecule has 0 atom stereocenters. The Morgan fingerprint density at radius 3 is 2.19 bits per heavy atom. The molecule has 94 valence electrons. The van der Waals surface area contributed by atoms with E-state index in [1.54, 1.807) is 0 Å². The first kappa shape index (κ1) is 12.4. The van der Waals surface area contributed by atoms with Gasteiger partial charge in [-0.25, -0.2) is 0 Å². The van der Waals surface area contributed by atoms with Crippen LogP contribution in [0.25, 0.3) is 0 Å². The van der Waals surface area contributed by atoms with Crippen LogP contribution in [0.4, 0.5) is 0 Å². The third-order valence-electron chi connectivity index (χ3n) is 4.75. The maximum atomic E-state index is 3.42. The van der Waals surface area contributed by atoms with Crippen molar-refractivity contribution < 1.29 is 0 Å². The zero-order valence-corrected chi connectivity index (χ0v) is 11.0. The molecule has 2 heteroatoms. The predicted molar refractivity (Wildman–Crippen MR) is 69.7 cm³/mol. The van der Waals surface area contributed by atoms with Gasteiger partial charge in [0.1, 0.15) is 0 Å². The molecule has 2 aliphatic carbocycles. The van der Waals surface area contributed by atoms with Gasteiger partial charge in [0.2, 0.25) is 0 Å². The molecule has 0 heterocycles. The van der Waals surface area contributed by atoms with Gasteiger partial charge in [0.15, 0.2) is 0 Å². The second-order valence-electron chi connectivity index (χ2n) is 5.88. The Balaban J connectivity index is 1.70. The lowest BCUT2D eigenvalue weighted by molar-refractivity contribution is 0.155. The Morgan fingerprint density at radius 1 is 1.00 bits per heavy atom. The van der Waals surface area contributed by atoms with Gasteiger partial charge < -0.3 is 10.2 Å². The zero-order chi connectivity index (χ0) is 11.4. The third kappa shape index (κ3) is 3.21. The van der Waals surface area contributed by atoms with Gasteiger partial charge in [0.25, 0.3) is 0 Å². The first-order chi connectivity index (χ1) is 7.79. The lowest BCUT2D eigenvalue weighted by atomic mass is 9.90. The molecule has 0 unspecified atom stereocenters. The van der Waals surface area contributed by atoms with Gasteiger partial charge >= 0.3 is 0 Å². The van der Waals surface area contributed by atoms with Crippen molar-refractivity contribution >= 4 is 0 Å². The van der Waals surface area contributed by atoms with Gasteiger partial charge in [0, 0.05) is 18.6 Å². The second-order valence-corrected chi connectivity index (χ2v) is 5.88. The zero-order valence-electron chi connectivity index (χ0n) is 11.0. The summed E-state index contributed by atoms with van der Waals surface area (Å²) in [4.78, 5) is 2.65. The summed E-state index contributed by atoms with van der Waals surface area (Å²) < 4.78 is 0. The molecule has 0 saturated heterocycles. The van der Waals surface area contributed by atoms with Crippen LogP contribution in [0.2, 0.25) is 0 Å². The number of hydrogen-bond acceptors (Lipinski definition) is 2. The van der Waals surface area contributed by atoms with Crippen LogP contribution in [0.15, 0.2) is 0 Å². The van der Waals surface area contributed by atoms with Crippen LogP contribution in [-0.4, -0.2) is 37.6 Å². The van der Waals surface area contributed by atoms with Crippen LogP contribution in [0.3, 0.4) is 0 Å². The fourth-order valence-corrected chi connectivity index (χ4v) is 3.55. The summed E-state index contributed by atoms with van der Waals surface area (Å²) in [6.45, 7) is 1.36. The highest BCUT2D eigenvalue weighted by molar-refractivity contribution is 4.82. The summed E-state index contributed by atoms with van der Waals surface area (Å²) in [6.07, 6.45) is 11.5. The summed E-state index contributed by atoms with van der Waals surface area (Å²) >= 11 is 0. The van der Waals surface area contributed by atoms with Gasteiger partial charge in [-0.2, -0.15) is 0 Å². The fraction of sp³-hybridized carbons (Fsp3) is 1.00. The first-order valence-electron chi connectivity index (χ1n) is 7.17. The number of rotatable bonds is 4. The van der Waals surface area contributed by atoms with E-state index in [2.05, 4.69) is 24.3 Å². The Hall–Kier alpha value is -0.0800. The summed E-state index contributed by atoms with van der Waals surface area (Å²) in [7, 11) is 4.45. The Labute approximate surface area is 101 Å². The monoisotopic (exact) mass is 224 g/mol. The van der Waals surface area contributed by atoms with E-state index in [4.69, 9.17) is 0 Å². The second kappa shape index (κ2) is 6.02. The first-order valence-corrected chi connectivity index (χ1v) is 7.17. The minimum Gasteiger partial charge on any atom is -0.317 e. The molecule has 0 aromatic carbocycles. The van der Waals surface area contributed by atoms with Gasteiger partial charge in [-0.1, -0.05) is 12.8 Å². The van der Waals surface area contributed by atoms with E-state index in [0.717, 1.165) is 18.0 Å². The molecule has 0 bridgehead atoms. The molecule has 2 saturated carbocycles. The van der Waals surface area contributed by atoms with Crippen molar-refractivity contribution in [1.82, 2.24) is 10.2 Å². The van der Waals surface area contributed by atoms with Gasteiger partial charge in [-0.3, -0.25) is 0 Å². The lowest BCUT2D eigenvalue weighted by Gasteiger charge is -2.35. The van der Waals surface area contributed by atoms with Crippen molar-refractivity contribution in [3.8, 4) is 0 Å². The highest BCUT2D eigenvalue weighted by atomic mass is 15.1. The normalized spacial score (nSPS) is 32.4. The Bertz CT molecular complexity index is 191. The van der Waals surface area contributed by atoms with Crippen molar-refractivity contribution in [1.29, 1.82) is 0 Å². The predicted octanol–water partition coefficient (Wildman–Crippen LogP) is 2.64. The minimum absolute atomic E-state index is 0.788. The van der Waals surface area contributed by atoms with Crippen molar-refractivity contribution in [2.45, 2.75) is 63.5 Å². The van der Waals surface area contributed by atoms with Crippen LogP contribution in [0.1, 0.15) is 51.4 Å². The summed E-state index contributed by atoms with van der Waals surface area (Å²) in [5.41, 5.74) is 0. The summed E-state index contributed by atoms with van der Waals surface area (Å²) in [5.74, 6) is 1.01. The SMILES string of the molecule is CN[C@H]1CC[C@@H](N(C)CC2CCCC2)CC1. The fourth-order valence-electron chi connectivity index (χ4n) is 3.55. The number of nitrogens with one attached hydrogen (secondary N) is 1. The molecule has 0 aliphatic heterocycles. The summed E-state index contributed by atoms with van der Waals surface area (Å²) in [6, 6.07) is 1.65. The topological polar surface area (TPSA) is 15.3 Å². The quantitative estimate of drug-likeness (QED) is 0.790. The molecule has 0 amide bonds. The molecule has 2 rings (SSSR count). The lowest BCUT2D eigenvalue weighted by Crippen LogP contribution is -2.41. The van der Waals surface area contributed by atoms with Crippen molar-refractivity contribution in [3.05, 3.63) is 0 Å². The maximum Gasteiger partial charge on any atom is 0.00934 e. The van der Waals surface area contributed by atoms with Crippen LogP contribution < -0.4 is 5.32 Å². The van der Waals surface area contributed by atoms with E-state index in [1.807, 2.05) is 0 Å². The van der Waals surface area contributed by atoms with Gasteiger partial charge in [-0.05, 0) is 58.5 Å². The summed E-state index contributed by atoms with van der Waals surface area (Å²) in [5, 5.41) is 3.42.